The number of sulfonamides is 1. The summed E-state index contributed by atoms with van der Waals surface area (Å²) in [4.78, 5) is 28.1. The first kappa shape index (κ1) is 17.4. The summed E-state index contributed by atoms with van der Waals surface area (Å²) in [6.45, 7) is -0.109. The van der Waals surface area contributed by atoms with Crippen molar-refractivity contribution in [1.82, 2.24) is 15.1 Å². The zero-order valence-corrected chi connectivity index (χ0v) is 13.7. The average molecular weight is 341 g/mol. The Morgan fingerprint density at radius 2 is 1.87 bits per heavy atom. The summed E-state index contributed by atoms with van der Waals surface area (Å²) < 4.78 is 24.8. The molecule has 1 aliphatic rings. The molecule has 0 spiro atoms. The van der Waals surface area contributed by atoms with E-state index in [4.69, 9.17) is 0 Å². The normalized spacial score (nSPS) is 14.6. The zero-order chi connectivity index (χ0) is 17.0. The molecule has 2 rings (SSSR count). The van der Waals surface area contributed by atoms with Gasteiger partial charge in [0.2, 0.25) is 5.91 Å². The molecule has 8 nitrogen and oxygen atoms in total. The molecule has 0 heterocycles. The fourth-order valence-corrected chi connectivity index (χ4v) is 2.77. The Balaban J connectivity index is 1.95. The third-order valence-corrected chi connectivity index (χ3v) is 5.06. The molecule has 0 bridgehead atoms. The second kappa shape index (κ2) is 7.07. The number of nitrogens with zero attached hydrogens (tertiary/aromatic N) is 1. The van der Waals surface area contributed by atoms with Crippen LogP contribution in [0.3, 0.4) is 0 Å². The monoisotopic (exact) mass is 341 g/mol. The number of hydrogen-bond acceptors (Lipinski definition) is 5. The van der Waals surface area contributed by atoms with E-state index in [1.807, 2.05) is 0 Å². The molecular formula is C14H19N3O5S. The SMILES string of the molecule is CON(C)S(=O)(=O)c1ccc(C(=O)NCC(=O)NC2CC2)cc1. The quantitative estimate of drug-likeness (QED) is 0.673. The van der Waals surface area contributed by atoms with Gasteiger partial charge in [-0.3, -0.25) is 14.4 Å². The molecule has 2 amide bonds. The van der Waals surface area contributed by atoms with Crippen molar-refractivity contribution in [2.75, 3.05) is 20.7 Å². The van der Waals surface area contributed by atoms with Crippen molar-refractivity contribution in [1.29, 1.82) is 0 Å². The molecular weight excluding hydrogens is 322 g/mol. The van der Waals surface area contributed by atoms with Crippen molar-refractivity contribution >= 4 is 21.8 Å². The minimum Gasteiger partial charge on any atom is -0.352 e. The molecule has 1 aliphatic carbocycles. The average Bonchev–Trinajstić information content (AvgIpc) is 3.35. The first-order valence-corrected chi connectivity index (χ1v) is 8.49. The van der Waals surface area contributed by atoms with Crippen LogP contribution in [-0.2, 0) is 19.7 Å². The largest absolute Gasteiger partial charge is 0.352 e. The Morgan fingerprint density at radius 3 is 2.39 bits per heavy atom. The summed E-state index contributed by atoms with van der Waals surface area (Å²) in [5.41, 5.74) is 0.267. The number of amides is 2. The lowest BCUT2D eigenvalue weighted by Crippen LogP contribution is -2.37. The van der Waals surface area contributed by atoms with Crippen LogP contribution in [0.5, 0.6) is 0 Å². The second-order valence-electron chi connectivity index (χ2n) is 5.15. The van der Waals surface area contributed by atoms with Crippen molar-refractivity contribution in [3.05, 3.63) is 29.8 Å². The first-order valence-electron chi connectivity index (χ1n) is 7.05. The van der Waals surface area contributed by atoms with Crippen LogP contribution in [0.1, 0.15) is 23.2 Å². The number of benzene rings is 1. The van der Waals surface area contributed by atoms with E-state index in [-0.39, 0.29) is 29.0 Å². The molecule has 9 heteroatoms. The van der Waals surface area contributed by atoms with Gasteiger partial charge in [-0.1, -0.05) is 4.47 Å². The van der Waals surface area contributed by atoms with Crippen molar-refractivity contribution < 1.29 is 22.8 Å². The molecule has 23 heavy (non-hydrogen) atoms. The fourth-order valence-electron chi connectivity index (χ4n) is 1.79. The third kappa shape index (κ3) is 4.50. The highest BCUT2D eigenvalue weighted by molar-refractivity contribution is 7.89. The maximum absolute atomic E-state index is 12.0. The van der Waals surface area contributed by atoms with E-state index >= 15 is 0 Å². The van der Waals surface area contributed by atoms with Gasteiger partial charge in [-0.2, -0.15) is 0 Å². The van der Waals surface area contributed by atoms with Gasteiger partial charge in [0.25, 0.3) is 15.9 Å². The second-order valence-corrected chi connectivity index (χ2v) is 7.08. The van der Waals surface area contributed by atoms with Crippen LogP contribution < -0.4 is 10.6 Å². The lowest BCUT2D eigenvalue weighted by molar-refractivity contribution is -0.120. The van der Waals surface area contributed by atoms with E-state index in [9.17, 15) is 18.0 Å². The van der Waals surface area contributed by atoms with E-state index in [1.54, 1.807) is 0 Å². The van der Waals surface area contributed by atoms with Gasteiger partial charge in [-0.25, -0.2) is 8.42 Å². The lowest BCUT2D eigenvalue weighted by atomic mass is 10.2. The van der Waals surface area contributed by atoms with E-state index in [1.165, 1.54) is 38.4 Å². The van der Waals surface area contributed by atoms with Gasteiger partial charge in [0.1, 0.15) is 0 Å². The van der Waals surface area contributed by atoms with Crippen LogP contribution in [0.15, 0.2) is 29.2 Å². The summed E-state index contributed by atoms with van der Waals surface area (Å²) in [7, 11) is -1.23. The van der Waals surface area contributed by atoms with E-state index in [0.29, 0.717) is 0 Å². The summed E-state index contributed by atoms with van der Waals surface area (Å²) >= 11 is 0. The van der Waals surface area contributed by atoms with Crippen molar-refractivity contribution in [2.45, 2.75) is 23.8 Å². The van der Waals surface area contributed by atoms with Crippen LogP contribution >= 0.6 is 0 Å². The van der Waals surface area contributed by atoms with E-state index in [2.05, 4.69) is 15.5 Å². The van der Waals surface area contributed by atoms with Crippen LogP contribution in [0.4, 0.5) is 0 Å². The van der Waals surface area contributed by atoms with Crippen LogP contribution in [0.25, 0.3) is 0 Å². The van der Waals surface area contributed by atoms with Crippen molar-refractivity contribution in [3.8, 4) is 0 Å². The molecule has 1 saturated carbocycles. The van der Waals surface area contributed by atoms with Gasteiger partial charge in [0.05, 0.1) is 18.6 Å². The van der Waals surface area contributed by atoms with Gasteiger partial charge in [-0.15, -0.1) is 0 Å². The van der Waals surface area contributed by atoms with Gasteiger partial charge in [0, 0.05) is 18.7 Å². The molecule has 1 fully saturated rings. The minimum atomic E-state index is -3.75. The maximum Gasteiger partial charge on any atom is 0.264 e. The molecule has 0 unspecified atom stereocenters. The summed E-state index contributed by atoms with van der Waals surface area (Å²) in [5, 5.41) is 5.24. The molecule has 1 aromatic carbocycles. The molecule has 1 aromatic rings. The molecule has 0 saturated heterocycles. The highest BCUT2D eigenvalue weighted by Crippen LogP contribution is 2.18. The Hall–Kier alpha value is -1.97. The number of rotatable bonds is 7. The molecule has 126 valence electrons. The lowest BCUT2D eigenvalue weighted by Gasteiger charge is -2.14. The van der Waals surface area contributed by atoms with Gasteiger partial charge >= 0.3 is 0 Å². The molecule has 0 aliphatic heterocycles. The van der Waals surface area contributed by atoms with Crippen LogP contribution in [-0.4, -0.2) is 51.4 Å². The number of nitrogens with one attached hydrogen (secondary N) is 2. The van der Waals surface area contributed by atoms with E-state index < -0.39 is 15.9 Å². The van der Waals surface area contributed by atoms with E-state index in [0.717, 1.165) is 17.3 Å². The minimum absolute atomic E-state index is 0.00452. The maximum atomic E-state index is 12.0. The summed E-state index contributed by atoms with van der Waals surface area (Å²) in [6.07, 6.45) is 1.96. The van der Waals surface area contributed by atoms with Crippen molar-refractivity contribution in [2.24, 2.45) is 0 Å². The van der Waals surface area contributed by atoms with Crippen molar-refractivity contribution in [3.63, 3.8) is 0 Å². The standard InChI is InChI=1S/C14H19N3O5S/c1-17(22-2)23(20,21)12-7-3-10(4-8-12)14(19)15-9-13(18)16-11-5-6-11/h3-4,7-8,11H,5-6,9H2,1-2H3,(H,15,19)(H,16,18). The van der Waals surface area contributed by atoms with Gasteiger partial charge < -0.3 is 10.6 Å². The predicted octanol–water partition coefficient (Wildman–Crippen LogP) is -0.123. The highest BCUT2D eigenvalue weighted by atomic mass is 32.2. The fraction of sp³-hybridized carbons (Fsp3) is 0.429. The number of carbonyl (C=O) groups excluding carboxylic acids is 2. The summed E-state index contributed by atoms with van der Waals surface area (Å²) in [5.74, 6) is -0.679. The number of hydroxylamine groups is 1. The molecule has 0 aromatic heterocycles. The van der Waals surface area contributed by atoms with Crippen LogP contribution in [0.2, 0.25) is 0 Å². The topological polar surface area (TPSA) is 105 Å². The molecule has 2 N–H and O–H groups in total. The smallest absolute Gasteiger partial charge is 0.264 e. The number of hydrogen-bond donors (Lipinski definition) is 2. The Bertz CT molecular complexity index is 683. The first-order chi connectivity index (χ1) is 10.8. The Morgan fingerprint density at radius 1 is 1.26 bits per heavy atom. The summed E-state index contributed by atoms with van der Waals surface area (Å²) in [6, 6.07) is 5.62. The van der Waals surface area contributed by atoms with Crippen LogP contribution in [0, 0.1) is 0 Å². The predicted molar refractivity (Wildman–Crippen MR) is 81.9 cm³/mol. The third-order valence-electron chi connectivity index (χ3n) is 3.36. The highest BCUT2D eigenvalue weighted by Gasteiger charge is 2.23. The van der Waals surface area contributed by atoms with Gasteiger partial charge in [0.15, 0.2) is 0 Å². The Kier molecular flexibility index (Phi) is 5.34. The number of carbonyl (C=O) groups is 2. The van der Waals surface area contributed by atoms with Gasteiger partial charge in [-0.05, 0) is 37.1 Å². The Labute approximate surface area is 134 Å². The molecule has 0 radical (unpaired) electrons. The zero-order valence-electron chi connectivity index (χ0n) is 12.9. The molecule has 0 atom stereocenters.